The zero-order valence-electron chi connectivity index (χ0n) is 9.58. The van der Waals surface area contributed by atoms with Gasteiger partial charge in [-0.3, -0.25) is 4.79 Å². The quantitative estimate of drug-likeness (QED) is 0.811. The lowest BCUT2D eigenvalue weighted by molar-refractivity contribution is -0.136. The minimum absolute atomic E-state index is 0.148. The third-order valence-electron chi connectivity index (χ3n) is 2.95. The van der Waals surface area contributed by atoms with Crippen molar-refractivity contribution in [2.75, 3.05) is 12.3 Å². The van der Waals surface area contributed by atoms with E-state index in [2.05, 4.69) is 0 Å². The van der Waals surface area contributed by atoms with Crippen LogP contribution in [0.2, 0.25) is 0 Å². The van der Waals surface area contributed by atoms with Crippen LogP contribution in [0.15, 0.2) is 0 Å². The van der Waals surface area contributed by atoms with E-state index in [0.717, 1.165) is 5.75 Å². The molecule has 94 valence electrons. The molecule has 1 aliphatic heterocycles. The predicted octanol–water partition coefficient (Wildman–Crippen LogP) is 0.615. The topological polar surface area (TPSA) is 74.7 Å². The molecule has 0 aromatic heterocycles. The van der Waals surface area contributed by atoms with Crippen LogP contribution in [0.25, 0.3) is 0 Å². The minimum atomic E-state index is -3.72. The lowest BCUT2D eigenvalue weighted by Crippen LogP contribution is -2.51. The Hall–Kier alpha value is -0.270. The molecule has 0 radical (unpaired) electrons. The van der Waals surface area contributed by atoms with Crippen molar-refractivity contribution in [1.82, 2.24) is 4.31 Å². The van der Waals surface area contributed by atoms with Crippen LogP contribution in [0.3, 0.4) is 0 Å². The van der Waals surface area contributed by atoms with E-state index >= 15 is 0 Å². The van der Waals surface area contributed by atoms with Gasteiger partial charge < -0.3 is 5.11 Å². The minimum Gasteiger partial charge on any atom is -0.480 e. The first-order valence-corrected chi connectivity index (χ1v) is 7.68. The zero-order valence-corrected chi connectivity index (χ0v) is 11.2. The van der Waals surface area contributed by atoms with Gasteiger partial charge in [0.2, 0.25) is 10.0 Å². The van der Waals surface area contributed by atoms with E-state index in [9.17, 15) is 13.2 Å². The lowest BCUT2D eigenvalue weighted by Gasteiger charge is -2.37. The van der Waals surface area contributed by atoms with E-state index in [0.29, 0.717) is 6.54 Å². The van der Waals surface area contributed by atoms with Crippen LogP contribution in [0.4, 0.5) is 0 Å². The molecule has 0 aliphatic carbocycles. The molecule has 16 heavy (non-hydrogen) atoms. The third kappa shape index (κ3) is 2.52. The summed E-state index contributed by atoms with van der Waals surface area (Å²) in [6, 6.07) is -0.148. The molecule has 0 amide bonds. The van der Waals surface area contributed by atoms with E-state index in [1.807, 2.05) is 13.8 Å². The first-order chi connectivity index (χ1) is 7.28. The van der Waals surface area contributed by atoms with Gasteiger partial charge in [-0.2, -0.15) is 16.1 Å². The standard InChI is InChI=1S/C9H17NO4S2/c1-6-7(2)15-5-4-10(6)16(13,14)8(3)9(11)12/h6-8H,4-5H2,1-3H3,(H,11,12). The second-order valence-corrected chi connectivity index (χ2v) is 7.64. The van der Waals surface area contributed by atoms with Gasteiger partial charge in [0.1, 0.15) is 0 Å². The van der Waals surface area contributed by atoms with Crippen LogP contribution >= 0.6 is 11.8 Å². The molecule has 5 nitrogen and oxygen atoms in total. The SMILES string of the molecule is CC1SCCN(S(=O)(=O)C(C)C(=O)O)C1C. The predicted molar refractivity (Wildman–Crippen MR) is 64.1 cm³/mol. The van der Waals surface area contributed by atoms with E-state index < -0.39 is 21.2 Å². The van der Waals surface area contributed by atoms with Crippen LogP contribution in [0.1, 0.15) is 20.8 Å². The number of carbonyl (C=O) groups is 1. The highest BCUT2D eigenvalue weighted by Crippen LogP contribution is 2.27. The molecule has 0 saturated carbocycles. The Labute approximate surface area is 100 Å². The molecule has 0 spiro atoms. The molecule has 0 aromatic rings. The summed E-state index contributed by atoms with van der Waals surface area (Å²) in [4.78, 5) is 10.8. The van der Waals surface area contributed by atoms with Crippen LogP contribution in [0.5, 0.6) is 0 Å². The van der Waals surface area contributed by atoms with E-state index in [-0.39, 0.29) is 11.3 Å². The summed E-state index contributed by atoms with van der Waals surface area (Å²) in [6.45, 7) is 5.40. The summed E-state index contributed by atoms with van der Waals surface area (Å²) in [5, 5.41) is 7.62. The largest absolute Gasteiger partial charge is 0.480 e. The van der Waals surface area contributed by atoms with Crippen LogP contribution in [-0.2, 0) is 14.8 Å². The van der Waals surface area contributed by atoms with E-state index in [4.69, 9.17) is 5.11 Å². The molecule has 0 bridgehead atoms. The molecular weight excluding hydrogens is 250 g/mol. The number of hydrogen-bond acceptors (Lipinski definition) is 4. The summed E-state index contributed by atoms with van der Waals surface area (Å²) in [7, 11) is -3.72. The molecule has 1 rings (SSSR count). The Kier molecular flexibility index (Phi) is 4.25. The summed E-state index contributed by atoms with van der Waals surface area (Å²) in [6.07, 6.45) is 0. The Morgan fingerprint density at radius 1 is 1.50 bits per heavy atom. The number of rotatable bonds is 3. The highest BCUT2D eigenvalue weighted by Gasteiger charge is 2.39. The highest BCUT2D eigenvalue weighted by molar-refractivity contribution is 8.00. The average molecular weight is 267 g/mol. The molecule has 7 heteroatoms. The molecule has 0 aromatic carbocycles. The maximum absolute atomic E-state index is 12.0. The lowest BCUT2D eigenvalue weighted by atomic mass is 10.2. The van der Waals surface area contributed by atoms with E-state index in [1.165, 1.54) is 11.2 Å². The summed E-state index contributed by atoms with van der Waals surface area (Å²) >= 11 is 1.71. The summed E-state index contributed by atoms with van der Waals surface area (Å²) < 4.78 is 25.4. The molecule has 3 atom stereocenters. The first kappa shape index (κ1) is 13.8. The number of carboxylic acid groups (broad SMARTS) is 1. The molecule has 1 heterocycles. The number of hydrogen-bond donors (Lipinski definition) is 1. The van der Waals surface area contributed by atoms with Gasteiger partial charge in [0.15, 0.2) is 5.25 Å². The Morgan fingerprint density at radius 3 is 2.56 bits per heavy atom. The van der Waals surface area contributed by atoms with Gasteiger partial charge in [0, 0.05) is 23.6 Å². The normalized spacial score (nSPS) is 29.9. The first-order valence-electron chi connectivity index (χ1n) is 5.13. The fraction of sp³-hybridized carbons (Fsp3) is 0.889. The van der Waals surface area contributed by atoms with Crippen molar-refractivity contribution in [2.24, 2.45) is 0 Å². The molecule has 1 fully saturated rings. The van der Waals surface area contributed by atoms with Gasteiger partial charge >= 0.3 is 5.97 Å². The second-order valence-electron chi connectivity index (χ2n) is 3.95. The number of thioether (sulfide) groups is 1. The number of sulfonamides is 1. The van der Waals surface area contributed by atoms with Gasteiger partial charge in [0.25, 0.3) is 0 Å². The molecule has 1 N–H and O–H groups in total. The number of nitrogens with zero attached hydrogens (tertiary/aromatic N) is 1. The van der Waals surface area contributed by atoms with Gasteiger partial charge in [0.05, 0.1) is 0 Å². The van der Waals surface area contributed by atoms with E-state index in [1.54, 1.807) is 11.8 Å². The smallest absolute Gasteiger partial charge is 0.323 e. The van der Waals surface area contributed by atoms with Crippen molar-refractivity contribution in [3.05, 3.63) is 0 Å². The third-order valence-corrected chi connectivity index (χ3v) is 6.55. The van der Waals surface area contributed by atoms with Crippen LogP contribution < -0.4 is 0 Å². The zero-order chi connectivity index (χ0) is 12.5. The fourth-order valence-corrected chi connectivity index (χ4v) is 4.54. The summed E-state index contributed by atoms with van der Waals surface area (Å²) in [5.74, 6) is -0.574. The molecular formula is C9H17NO4S2. The molecule has 1 saturated heterocycles. The van der Waals surface area contributed by atoms with Gasteiger partial charge in [-0.15, -0.1) is 0 Å². The van der Waals surface area contributed by atoms with Crippen molar-refractivity contribution in [3.63, 3.8) is 0 Å². The molecule has 3 unspecified atom stereocenters. The van der Waals surface area contributed by atoms with Gasteiger partial charge in [-0.25, -0.2) is 8.42 Å². The van der Waals surface area contributed by atoms with Crippen LogP contribution in [-0.4, -0.2) is 52.6 Å². The van der Waals surface area contributed by atoms with Crippen molar-refractivity contribution in [3.8, 4) is 0 Å². The average Bonchev–Trinajstić information content (AvgIpc) is 2.20. The Morgan fingerprint density at radius 2 is 2.06 bits per heavy atom. The van der Waals surface area contributed by atoms with Crippen molar-refractivity contribution in [2.45, 2.75) is 37.3 Å². The maximum Gasteiger partial charge on any atom is 0.323 e. The maximum atomic E-state index is 12.0. The van der Waals surface area contributed by atoms with Crippen molar-refractivity contribution < 1.29 is 18.3 Å². The number of aliphatic carboxylic acids is 1. The monoisotopic (exact) mass is 267 g/mol. The number of carboxylic acids is 1. The second kappa shape index (κ2) is 4.93. The van der Waals surface area contributed by atoms with Gasteiger partial charge in [-0.1, -0.05) is 6.92 Å². The Bertz CT molecular complexity index is 368. The summed E-state index contributed by atoms with van der Waals surface area (Å²) in [5.41, 5.74) is 0. The van der Waals surface area contributed by atoms with Crippen molar-refractivity contribution in [1.29, 1.82) is 0 Å². The van der Waals surface area contributed by atoms with Gasteiger partial charge in [-0.05, 0) is 13.8 Å². The molecule has 1 aliphatic rings. The van der Waals surface area contributed by atoms with Crippen molar-refractivity contribution >= 4 is 27.8 Å². The highest BCUT2D eigenvalue weighted by atomic mass is 32.2. The van der Waals surface area contributed by atoms with Crippen LogP contribution in [0, 0.1) is 0 Å². The Balaban J connectivity index is 2.95. The fourth-order valence-electron chi connectivity index (χ4n) is 1.60.